The third-order valence-electron chi connectivity index (χ3n) is 15.8. The SMILES string of the molecule is CC[C@@]1(O)C(=O)OCc2c1cc1n(c2=O)Cc2c-1nc1cc(F)c(C)c3c1c2[C@@H](NC(=O)CCCNC(=O)CCC(=O)[C@H](Cc1ccccc1)NC(=O)CCC(=O)CNC(=O)CCOCCOCCNC(=O)CCN1C(=O)CC(C)C1=O)CC3. The Bertz CT molecular complexity index is 3310. The van der Waals surface area contributed by atoms with Gasteiger partial charge in [-0.1, -0.05) is 44.2 Å². The van der Waals surface area contributed by atoms with Gasteiger partial charge < -0.3 is 50.5 Å². The van der Waals surface area contributed by atoms with Crippen molar-refractivity contribution >= 4 is 69.8 Å². The van der Waals surface area contributed by atoms with Crippen molar-refractivity contribution in [1.29, 1.82) is 0 Å². The molecule has 1 saturated heterocycles. The normalized spacial score (nSPS) is 17.9. The summed E-state index contributed by atoms with van der Waals surface area (Å²) in [6, 6.07) is 10.3. The number of hydrogen-bond acceptors (Lipinski definition) is 16. The van der Waals surface area contributed by atoms with Gasteiger partial charge in [0.15, 0.2) is 17.2 Å². The van der Waals surface area contributed by atoms with Gasteiger partial charge in [-0.2, -0.15) is 0 Å². The van der Waals surface area contributed by atoms with Crippen molar-refractivity contribution in [2.24, 2.45) is 5.92 Å². The number of ether oxygens (including phenoxy) is 3. The molecule has 1 fully saturated rings. The number of imide groups is 1. The molecule has 0 radical (unpaired) electrons. The molecule has 2 aromatic carbocycles. The minimum Gasteiger partial charge on any atom is -0.458 e. The number of aryl methyl sites for hydroxylation is 1. The Balaban J connectivity index is 0.735. The first kappa shape index (κ1) is 62.0. The lowest BCUT2D eigenvalue weighted by molar-refractivity contribution is -0.172. The van der Waals surface area contributed by atoms with E-state index in [0.717, 1.165) is 16.0 Å². The van der Waals surface area contributed by atoms with Gasteiger partial charge in [0.05, 0.1) is 74.1 Å². The number of amides is 7. The number of halogens is 1. The molecule has 6 N–H and O–H groups in total. The number of aromatic nitrogens is 2. The number of carbonyl (C=O) groups excluding carboxylic acids is 10. The highest BCUT2D eigenvalue weighted by Crippen LogP contribution is 2.46. The topological polar surface area (TPSA) is 317 Å². The van der Waals surface area contributed by atoms with Crippen molar-refractivity contribution in [2.75, 3.05) is 52.6 Å². The molecular weight excluding hydrogens is 1090 g/mol. The largest absolute Gasteiger partial charge is 0.458 e. The number of pyridine rings is 2. The van der Waals surface area contributed by atoms with E-state index in [0.29, 0.717) is 51.8 Å². The predicted molar refractivity (Wildman–Crippen MR) is 299 cm³/mol. The van der Waals surface area contributed by atoms with Gasteiger partial charge in [0, 0.05) is 99.5 Å². The van der Waals surface area contributed by atoms with Crippen LogP contribution in [0.5, 0.6) is 0 Å². The second kappa shape index (κ2) is 28.0. The molecule has 448 valence electrons. The highest BCUT2D eigenvalue weighted by Gasteiger charge is 2.46. The molecule has 3 aliphatic heterocycles. The first-order valence-corrected chi connectivity index (χ1v) is 28.6. The fourth-order valence-electron chi connectivity index (χ4n) is 11.1. The monoisotopic (exact) mass is 1160 g/mol. The lowest BCUT2D eigenvalue weighted by Gasteiger charge is -2.31. The summed E-state index contributed by atoms with van der Waals surface area (Å²) in [6.07, 6.45) is 0.501. The maximum Gasteiger partial charge on any atom is 0.343 e. The van der Waals surface area contributed by atoms with Crippen molar-refractivity contribution in [3.05, 3.63) is 97.6 Å². The molecule has 8 rings (SSSR count). The number of aliphatic hydroxyl groups is 1. The minimum atomic E-state index is -2.04. The second-order valence-electron chi connectivity index (χ2n) is 21.6. The van der Waals surface area contributed by atoms with Crippen molar-refractivity contribution in [1.82, 2.24) is 41.0 Å². The van der Waals surface area contributed by atoms with Crippen LogP contribution in [-0.4, -0.2) is 137 Å². The molecule has 23 nitrogen and oxygen atoms in total. The molecule has 0 saturated carbocycles. The third-order valence-corrected chi connectivity index (χ3v) is 15.8. The number of cyclic esters (lactones) is 1. The van der Waals surface area contributed by atoms with E-state index in [1.54, 1.807) is 57.2 Å². The standard InChI is InChI=1S/C60H71FN8O15/c1-4-60(81)41-29-46-56-39(32-69(46)58(79)40(41)33-84-59(60)80)55-43(14-13-38-35(3)42(61)30-45(67-56)54(38)55)65-51(75)11-8-20-62-48(72)17-15-47(71)44(28-36-9-6-5-7-10-36)66-52(76)16-12-37(70)31-64-50(74)19-23-82-25-26-83-24-21-63-49(73)18-22-68-53(77)27-34(2)57(68)78/h5-7,9-10,29-30,34,43-44,81H,4,8,11-28,31-33H2,1-3H3,(H,62,72)(H,63,73)(H,64,74)(H,65,75)(H,66,76)/t34?,43-,44-,60-/m0/s1. The van der Waals surface area contributed by atoms with Gasteiger partial charge in [-0.05, 0) is 67.3 Å². The van der Waals surface area contributed by atoms with E-state index < -0.39 is 64.3 Å². The van der Waals surface area contributed by atoms with Crippen LogP contribution >= 0.6 is 0 Å². The number of fused-ring (bicyclic) bond motifs is 5. The highest BCUT2D eigenvalue weighted by molar-refractivity contribution is 6.03. The Labute approximate surface area is 483 Å². The Kier molecular flexibility index (Phi) is 20.6. The molecule has 1 unspecified atom stereocenters. The first-order chi connectivity index (χ1) is 40.3. The molecule has 4 atom stereocenters. The van der Waals surface area contributed by atoms with Crippen molar-refractivity contribution < 1.29 is 71.7 Å². The molecule has 0 bridgehead atoms. The first-order valence-electron chi connectivity index (χ1n) is 28.6. The number of Topliss-reactive ketones (excluding diaryl/α,β-unsaturated/α-hetero) is 2. The zero-order valence-corrected chi connectivity index (χ0v) is 47.4. The summed E-state index contributed by atoms with van der Waals surface area (Å²) >= 11 is 0. The zero-order valence-electron chi connectivity index (χ0n) is 47.4. The average Bonchev–Trinajstić information content (AvgIpc) is 1.73. The van der Waals surface area contributed by atoms with E-state index in [-0.39, 0.29) is 177 Å². The fraction of sp³-hybridized carbons (Fsp3) is 0.500. The van der Waals surface area contributed by atoms with E-state index in [2.05, 4.69) is 26.6 Å². The third kappa shape index (κ3) is 14.6. The second-order valence-corrected chi connectivity index (χ2v) is 21.6. The molecule has 7 amide bonds. The molecular formula is C60H71FN8O15. The molecule has 2 aromatic heterocycles. The van der Waals surface area contributed by atoms with E-state index >= 15 is 4.39 Å². The van der Waals surface area contributed by atoms with E-state index in [4.69, 9.17) is 19.2 Å². The van der Waals surface area contributed by atoms with Crippen molar-refractivity contribution in [3.8, 4) is 11.4 Å². The van der Waals surface area contributed by atoms with Crippen LogP contribution in [0.4, 0.5) is 4.39 Å². The van der Waals surface area contributed by atoms with Crippen LogP contribution in [0.15, 0.2) is 47.3 Å². The highest BCUT2D eigenvalue weighted by atomic mass is 19.1. The number of hydrogen-bond donors (Lipinski definition) is 6. The maximum absolute atomic E-state index is 15.4. The quantitative estimate of drug-likeness (QED) is 0.0218. The number of benzene rings is 2. The van der Waals surface area contributed by atoms with Crippen molar-refractivity contribution in [3.63, 3.8) is 0 Å². The predicted octanol–water partition coefficient (Wildman–Crippen LogP) is 2.39. The lowest BCUT2D eigenvalue weighted by Crippen LogP contribution is -2.44. The number of likely N-dealkylation sites (tertiary alicyclic amines) is 1. The van der Waals surface area contributed by atoms with E-state index in [1.807, 2.05) is 0 Å². The van der Waals surface area contributed by atoms with Gasteiger partial charge in [-0.15, -0.1) is 0 Å². The number of rotatable bonds is 30. The van der Waals surface area contributed by atoms with E-state index in [9.17, 15) is 57.8 Å². The van der Waals surface area contributed by atoms with Crippen LogP contribution in [0.1, 0.15) is 129 Å². The van der Waals surface area contributed by atoms with Gasteiger partial charge in [0.2, 0.25) is 41.4 Å². The van der Waals surface area contributed by atoms with Crippen LogP contribution in [0, 0.1) is 18.7 Å². The minimum absolute atomic E-state index is 0.00336. The summed E-state index contributed by atoms with van der Waals surface area (Å²) in [6.45, 7) is 5.43. The number of ketones is 2. The van der Waals surface area contributed by atoms with Crippen LogP contribution in [0.3, 0.4) is 0 Å². The molecule has 4 aliphatic rings. The van der Waals surface area contributed by atoms with Crippen LogP contribution in [0.25, 0.3) is 22.3 Å². The summed E-state index contributed by atoms with van der Waals surface area (Å²) in [5.74, 6) is -5.11. The van der Waals surface area contributed by atoms with Crippen LogP contribution < -0.4 is 32.1 Å². The van der Waals surface area contributed by atoms with Gasteiger partial charge in [0.25, 0.3) is 5.56 Å². The average molecular weight is 1160 g/mol. The summed E-state index contributed by atoms with van der Waals surface area (Å²) in [5.41, 5.74) is 2.24. The number of nitrogens with zero attached hydrogens (tertiary/aromatic N) is 3. The zero-order chi connectivity index (χ0) is 60.2. The summed E-state index contributed by atoms with van der Waals surface area (Å²) in [5, 5.41) is 25.8. The Morgan fingerprint density at radius 3 is 2.27 bits per heavy atom. The molecule has 1 aliphatic carbocycles. The summed E-state index contributed by atoms with van der Waals surface area (Å²) in [7, 11) is 0. The summed E-state index contributed by atoms with van der Waals surface area (Å²) in [4.78, 5) is 147. The van der Waals surface area contributed by atoms with Gasteiger partial charge in [0.1, 0.15) is 12.4 Å². The molecule has 0 spiro atoms. The van der Waals surface area contributed by atoms with Crippen LogP contribution in [-0.2, 0) is 93.8 Å². The van der Waals surface area contributed by atoms with E-state index in [1.165, 1.54) is 10.6 Å². The summed E-state index contributed by atoms with van der Waals surface area (Å²) < 4.78 is 33.0. The Morgan fingerprint density at radius 2 is 1.54 bits per heavy atom. The van der Waals surface area contributed by atoms with Crippen LogP contribution in [0.2, 0.25) is 0 Å². The molecule has 4 aromatic rings. The van der Waals surface area contributed by atoms with Gasteiger partial charge in [-0.25, -0.2) is 14.2 Å². The Morgan fingerprint density at radius 1 is 0.821 bits per heavy atom. The fourth-order valence-corrected chi connectivity index (χ4v) is 11.1. The lowest BCUT2D eigenvalue weighted by atomic mass is 9.81. The van der Waals surface area contributed by atoms with Gasteiger partial charge >= 0.3 is 5.97 Å². The smallest absolute Gasteiger partial charge is 0.343 e. The number of esters is 1. The molecule has 5 heterocycles. The molecule has 84 heavy (non-hydrogen) atoms. The Hall–Kier alpha value is -8.09. The number of nitrogens with one attached hydrogen (secondary N) is 5. The number of carbonyl (C=O) groups is 10. The molecule has 24 heteroatoms. The van der Waals surface area contributed by atoms with Gasteiger partial charge in [-0.3, -0.25) is 52.8 Å². The van der Waals surface area contributed by atoms with Crippen molar-refractivity contribution in [2.45, 2.75) is 135 Å². The maximum atomic E-state index is 15.4.